The van der Waals surface area contributed by atoms with Crippen LogP contribution in [0, 0.1) is 0 Å². The second kappa shape index (κ2) is 5.70. The van der Waals surface area contributed by atoms with E-state index in [9.17, 15) is 9.90 Å². The van der Waals surface area contributed by atoms with E-state index < -0.39 is 0 Å². The average molecular weight is 284 g/mol. The van der Waals surface area contributed by atoms with Crippen LogP contribution in [0.4, 0.5) is 0 Å². The molecule has 0 radical (unpaired) electrons. The van der Waals surface area contributed by atoms with Crippen LogP contribution in [0.2, 0.25) is 0 Å². The van der Waals surface area contributed by atoms with Crippen LogP contribution in [0.3, 0.4) is 0 Å². The summed E-state index contributed by atoms with van der Waals surface area (Å²) in [6, 6.07) is 4.63. The Morgan fingerprint density at radius 2 is 2.16 bits per heavy atom. The number of rotatable bonds is 4. The Labute approximate surface area is 117 Å². The fourth-order valence-corrected chi connectivity index (χ4v) is 2.82. The Morgan fingerprint density at radius 1 is 1.47 bits per heavy atom. The number of benzene rings is 1. The third-order valence-electron chi connectivity index (χ3n) is 3.64. The molecule has 1 aromatic carbocycles. The van der Waals surface area contributed by atoms with E-state index in [-0.39, 0.29) is 22.8 Å². The van der Waals surface area contributed by atoms with Crippen LogP contribution in [0.15, 0.2) is 18.2 Å². The number of aromatic hydroxyl groups is 1. The lowest BCUT2D eigenvalue weighted by Crippen LogP contribution is -2.47. The van der Waals surface area contributed by atoms with E-state index in [1.807, 2.05) is 0 Å². The molecule has 4 nitrogen and oxygen atoms in total. The molecule has 0 aromatic heterocycles. The van der Waals surface area contributed by atoms with Crippen LogP contribution in [0.25, 0.3) is 0 Å². The van der Waals surface area contributed by atoms with Crippen molar-refractivity contribution in [3.8, 4) is 11.5 Å². The van der Waals surface area contributed by atoms with Gasteiger partial charge >= 0.3 is 0 Å². The minimum atomic E-state index is -0.328. The maximum atomic E-state index is 12.2. The van der Waals surface area contributed by atoms with Crippen molar-refractivity contribution in [2.45, 2.75) is 31.2 Å². The van der Waals surface area contributed by atoms with Crippen LogP contribution >= 0.6 is 11.6 Å². The van der Waals surface area contributed by atoms with Crippen LogP contribution < -0.4 is 10.1 Å². The summed E-state index contributed by atoms with van der Waals surface area (Å²) in [5.41, 5.74) is -0.0810. The average Bonchev–Trinajstić information content (AvgIpc) is 2.87. The standard InChI is InChI=1S/C14H18ClNO3/c1-19-10-4-5-11(12(17)8-10)13(18)16-14(9-15)6-2-3-7-14/h4-5,8,17H,2-3,6-7,9H2,1H3,(H,16,18). The molecule has 0 heterocycles. The van der Waals surface area contributed by atoms with Crippen molar-refractivity contribution in [1.29, 1.82) is 0 Å². The third-order valence-corrected chi connectivity index (χ3v) is 4.16. The molecule has 1 aliphatic carbocycles. The van der Waals surface area contributed by atoms with Crippen molar-refractivity contribution < 1.29 is 14.6 Å². The van der Waals surface area contributed by atoms with Crippen LogP contribution in [-0.4, -0.2) is 29.5 Å². The Bertz CT molecular complexity index is 470. The molecule has 0 atom stereocenters. The van der Waals surface area contributed by atoms with E-state index in [4.69, 9.17) is 16.3 Å². The second-order valence-corrected chi connectivity index (χ2v) is 5.23. The lowest BCUT2D eigenvalue weighted by atomic mass is 9.99. The first-order chi connectivity index (χ1) is 9.10. The molecule has 0 aliphatic heterocycles. The van der Waals surface area contributed by atoms with Gasteiger partial charge in [0.15, 0.2) is 0 Å². The van der Waals surface area contributed by atoms with Gasteiger partial charge in [-0.15, -0.1) is 11.6 Å². The zero-order valence-corrected chi connectivity index (χ0v) is 11.7. The topological polar surface area (TPSA) is 58.6 Å². The van der Waals surface area contributed by atoms with Crippen molar-refractivity contribution in [3.63, 3.8) is 0 Å². The number of amides is 1. The quantitative estimate of drug-likeness (QED) is 0.835. The van der Waals surface area contributed by atoms with Crippen molar-refractivity contribution in [1.82, 2.24) is 5.32 Å². The van der Waals surface area contributed by atoms with Crippen LogP contribution in [-0.2, 0) is 0 Å². The number of phenols is 1. The molecular formula is C14H18ClNO3. The Hall–Kier alpha value is -1.42. The highest BCUT2D eigenvalue weighted by Gasteiger charge is 2.35. The molecule has 104 valence electrons. The van der Waals surface area contributed by atoms with E-state index >= 15 is 0 Å². The minimum Gasteiger partial charge on any atom is -0.507 e. The summed E-state index contributed by atoms with van der Waals surface area (Å²) < 4.78 is 4.99. The molecule has 2 rings (SSSR count). The van der Waals surface area contributed by atoms with Gasteiger partial charge in [0.2, 0.25) is 0 Å². The summed E-state index contributed by atoms with van der Waals surface area (Å²) >= 11 is 5.99. The number of phenolic OH excluding ortho intramolecular Hbond substituents is 1. The van der Waals surface area contributed by atoms with Crippen molar-refractivity contribution >= 4 is 17.5 Å². The SMILES string of the molecule is COc1ccc(C(=O)NC2(CCl)CCCC2)c(O)c1. The summed E-state index contributed by atoms with van der Waals surface area (Å²) in [7, 11) is 1.51. The summed E-state index contributed by atoms with van der Waals surface area (Å²) in [4.78, 5) is 12.2. The molecular weight excluding hydrogens is 266 g/mol. The first kappa shape index (κ1) is 14.0. The molecule has 19 heavy (non-hydrogen) atoms. The van der Waals surface area contributed by atoms with Crippen LogP contribution in [0.1, 0.15) is 36.0 Å². The summed E-state index contributed by atoms with van der Waals surface area (Å²) in [6.07, 6.45) is 3.92. The zero-order valence-electron chi connectivity index (χ0n) is 10.9. The number of alkyl halides is 1. The predicted molar refractivity (Wildman–Crippen MR) is 74.0 cm³/mol. The molecule has 5 heteroatoms. The third kappa shape index (κ3) is 2.95. The molecule has 1 amide bonds. The number of nitrogens with one attached hydrogen (secondary N) is 1. The molecule has 0 saturated heterocycles. The number of ether oxygens (including phenoxy) is 1. The van der Waals surface area contributed by atoms with Gasteiger partial charge < -0.3 is 15.2 Å². The van der Waals surface area contributed by atoms with Crippen molar-refractivity contribution in [2.24, 2.45) is 0 Å². The first-order valence-electron chi connectivity index (χ1n) is 6.36. The lowest BCUT2D eigenvalue weighted by Gasteiger charge is -2.28. The maximum absolute atomic E-state index is 12.2. The van der Waals surface area contributed by atoms with Gasteiger partial charge in [0.1, 0.15) is 11.5 Å². The summed E-state index contributed by atoms with van der Waals surface area (Å²) in [5, 5.41) is 12.8. The largest absolute Gasteiger partial charge is 0.507 e. The smallest absolute Gasteiger partial charge is 0.255 e. The molecule has 0 bridgehead atoms. The number of halogens is 1. The molecule has 0 spiro atoms. The summed E-state index contributed by atoms with van der Waals surface area (Å²) in [5.74, 6) is 0.541. The fraction of sp³-hybridized carbons (Fsp3) is 0.500. The van der Waals surface area contributed by atoms with Gasteiger partial charge in [-0.25, -0.2) is 0 Å². The number of hydrogen-bond acceptors (Lipinski definition) is 3. The molecule has 1 saturated carbocycles. The Kier molecular flexibility index (Phi) is 4.20. The molecule has 1 aliphatic rings. The lowest BCUT2D eigenvalue weighted by molar-refractivity contribution is 0.0906. The Morgan fingerprint density at radius 3 is 2.68 bits per heavy atom. The van der Waals surface area contributed by atoms with Gasteiger partial charge in [0.05, 0.1) is 18.2 Å². The van der Waals surface area contributed by atoms with Gasteiger partial charge in [-0.1, -0.05) is 12.8 Å². The van der Waals surface area contributed by atoms with Gasteiger partial charge in [0, 0.05) is 11.9 Å². The van der Waals surface area contributed by atoms with E-state index in [1.54, 1.807) is 12.1 Å². The van der Waals surface area contributed by atoms with E-state index in [0.717, 1.165) is 25.7 Å². The highest BCUT2D eigenvalue weighted by atomic mass is 35.5. The van der Waals surface area contributed by atoms with Gasteiger partial charge in [-0.05, 0) is 25.0 Å². The van der Waals surface area contributed by atoms with E-state index in [0.29, 0.717) is 11.6 Å². The van der Waals surface area contributed by atoms with E-state index in [2.05, 4.69) is 5.32 Å². The number of hydrogen-bond donors (Lipinski definition) is 2. The van der Waals surface area contributed by atoms with E-state index in [1.165, 1.54) is 13.2 Å². The van der Waals surface area contributed by atoms with Gasteiger partial charge in [-0.2, -0.15) is 0 Å². The number of methoxy groups -OCH3 is 1. The van der Waals surface area contributed by atoms with Gasteiger partial charge in [-0.3, -0.25) is 4.79 Å². The highest BCUT2D eigenvalue weighted by molar-refractivity contribution is 6.19. The first-order valence-corrected chi connectivity index (χ1v) is 6.89. The predicted octanol–water partition coefficient (Wildman–Crippen LogP) is 2.68. The zero-order chi connectivity index (χ0) is 13.9. The summed E-state index contributed by atoms with van der Waals surface area (Å²) in [6.45, 7) is 0. The maximum Gasteiger partial charge on any atom is 0.255 e. The Balaban J connectivity index is 2.15. The molecule has 1 aromatic rings. The minimum absolute atomic E-state index is 0.0837. The molecule has 0 unspecified atom stereocenters. The molecule has 2 N–H and O–H groups in total. The normalized spacial score (nSPS) is 17.2. The van der Waals surface area contributed by atoms with Crippen molar-refractivity contribution in [2.75, 3.05) is 13.0 Å². The molecule has 1 fully saturated rings. The monoisotopic (exact) mass is 283 g/mol. The second-order valence-electron chi connectivity index (χ2n) is 4.96. The highest BCUT2D eigenvalue weighted by Crippen LogP contribution is 2.32. The van der Waals surface area contributed by atoms with Crippen LogP contribution in [0.5, 0.6) is 11.5 Å². The fourth-order valence-electron chi connectivity index (χ4n) is 2.48. The van der Waals surface area contributed by atoms with Gasteiger partial charge in [0.25, 0.3) is 5.91 Å². The number of carbonyl (C=O) groups excluding carboxylic acids is 1. The van der Waals surface area contributed by atoms with Crippen molar-refractivity contribution in [3.05, 3.63) is 23.8 Å². The number of carbonyl (C=O) groups is 1.